The van der Waals surface area contributed by atoms with Gasteiger partial charge in [-0.05, 0) is 31.0 Å². The molecule has 0 bridgehead atoms. The van der Waals surface area contributed by atoms with Crippen molar-refractivity contribution in [2.45, 2.75) is 12.8 Å². The number of carboxylic acid groups (broad SMARTS) is 1. The highest BCUT2D eigenvalue weighted by Gasteiger charge is 2.56. The summed E-state index contributed by atoms with van der Waals surface area (Å²) in [6.45, 7) is 0. The van der Waals surface area contributed by atoms with Crippen molar-refractivity contribution in [1.82, 2.24) is 0 Å². The van der Waals surface area contributed by atoms with Crippen LogP contribution in [0.3, 0.4) is 0 Å². The zero-order chi connectivity index (χ0) is 12.6. The highest BCUT2D eigenvalue weighted by molar-refractivity contribution is 6.32. The molecule has 0 radical (unpaired) electrons. The second kappa shape index (κ2) is 4.04. The molecule has 0 saturated heterocycles. The summed E-state index contributed by atoms with van der Waals surface area (Å²) in [5, 5.41) is 9.33. The molecule has 1 fully saturated rings. The predicted molar refractivity (Wildman–Crippen MR) is 61.6 cm³/mol. The number of ketones is 1. The Labute approximate surface area is 103 Å². The van der Waals surface area contributed by atoms with Crippen molar-refractivity contribution in [3.05, 3.63) is 28.8 Å². The third kappa shape index (κ3) is 1.89. The van der Waals surface area contributed by atoms with E-state index in [1.54, 1.807) is 6.07 Å². The molecule has 1 aromatic carbocycles. The molecule has 1 aliphatic rings. The van der Waals surface area contributed by atoms with Crippen LogP contribution in [0.4, 0.5) is 0 Å². The van der Waals surface area contributed by atoms with Gasteiger partial charge < -0.3 is 9.84 Å². The van der Waals surface area contributed by atoms with Gasteiger partial charge in [0.15, 0.2) is 5.78 Å². The van der Waals surface area contributed by atoms with Crippen LogP contribution in [-0.2, 0) is 4.79 Å². The van der Waals surface area contributed by atoms with Gasteiger partial charge in [0.05, 0.1) is 12.1 Å². The van der Waals surface area contributed by atoms with Crippen LogP contribution in [0, 0.1) is 5.41 Å². The second-order valence-corrected chi connectivity index (χ2v) is 4.47. The van der Waals surface area contributed by atoms with Crippen LogP contribution in [0.15, 0.2) is 18.2 Å². The topological polar surface area (TPSA) is 63.6 Å². The number of methoxy groups -OCH3 is 1. The van der Waals surface area contributed by atoms with Crippen molar-refractivity contribution in [1.29, 1.82) is 0 Å². The quantitative estimate of drug-likeness (QED) is 0.662. The molecule has 0 atom stereocenters. The van der Waals surface area contributed by atoms with Gasteiger partial charge in [-0.15, -0.1) is 0 Å². The van der Waals surface area contributed by atoms with Gasteiger partial charge in [0, 0.05) is 5.56 Å². The number of hydrogen-bond acceptors (Lipinski definition) is 3. The summed E-state index contributed by atoms with van der Waals surface area (Å²) in [5.74, 6) is -0.979. The highest BCUT2D eigenvalue weighted by Crippen LogP contribution is 2.48. The summed E-state index contributed by atoms with van der Waals surface area (Å²) in [6.07, 6.45) is 0.787. The second-order valence-electron chi connectivity index (χ2n) is 4.07. The zero-order valence-electron chi connectivity index (χ0n) is 9.20. The lowest BCUT2D eigenvalue weighted by atomic mass is 9.95. The number of Topliss-reactive ketones (excluding diaryl/α,β-unsaturated/α-hetero) is 1. The third-order valence-electron chi connectivity index (χ3n) is 3.01. The summed E-state index contributed by atoms with van der Waals surface area (Å²) in [5.41, 5.74) is -0.909. The van der Waals surface area contributed by atoms with Crippen LogP contribution in [0.25, 0.3) is 0 Å². The Morgan fingerprint density at radius 1 is 1.41 bits per heavy atom. The van der Waals surface area contributed by atoms with E-state index >= 15 is 0 Å². The third-order valence-corrected chi connectivity index (χ3v) is 3.30. The number of carbonyl (C=O) groups is 2. The molecule has 0 amide bonds. The van der Waals surface area contributed by atoms with E-state index < -0.39 is 11.4 Å². The average Bonchev–Trinajstić information content (AvgIpc) is 3.09. The number of benzene rings is 1. The molecule has 5 heteroatoms. The molecule has 1 saturated carbocycles. The Hall–Kier alpha value is -1.55. The van der Waals surface area contributed by atoms with Crippen LogP contribution in [0.5, 0.6) is 5.75 Å². The molecule has 1 N–H and O–H groups in total. The fourth-order valence-electron chi connectivity index (χ4n) is 1.75. The van der Waals surface area contributed by atoms with Crippen LogP contribution >= 0.6 is 11.6 Å². The molecule has 4 nitrogen and oxygen atoms in total. The standard InChI is InChI=1S/C12H11ClO4/c1-17-9-3-2-7(6-8(9)13)10(14)12(4-5-12)11(15)16/h2-3,6H,4-5H2,1H3,(H,15,16). The number of aliphatic carboxylic acids is 1. The minimum Gasteiger partial charge on any atom is -0.495 e. The largest absolute Gasteiger partial charge is 0.495 e. The average molecular weight is 255 g/mol. The minimum atomic E-state index is -1.22. The minimum absolute atomic E-state index is 0.305. The lowest BCUT2D eigenvalue weighted by Crippen LogP contribution is -2.25. The first-order chi connectivity index (χ1) is 8.01. The molecule has 17 heavy (non-hydrogen) atoms. The fourth-order valence-corrected chi connectivity index (χ4v) is 2.00. The van der Waals surface area contributed by atoms with Crippen LogP contribution < -0.4 is 4.74 Å². The van der Waals surface area contributed by atoms with Crippen molar-refractivity contribution >= 4 is 23.4 Å². The van der Waals surface area contributed by atoms with Crippen LogP contribution in [0.1, 0.15) is 23.2 Å². The lowest BCUT2D eigenvalue weighted by molar-refractivity contribution is -0.141. The maximum Gasteiger partial charge on any atom is 0.317 e. The number of carboxylic acids is 1. The molecule has 1 aliphatic carbocycles. The van der Waals surface area contributed by atoms with E-state index in [0.29, 0.717) is 29.2 Å². The van der Waals surface area contributed by atoms with Crippen LogP contribution in [0.2, 0.25) is 5.02 Å². The van der Waals surface area contributed by atoms with Crippen molar-refractivity contribution in [3.8, 4) is 5.75 Å². The maximum atomic E-state index is 12.0. The Kier molecular flexibility index (Phi) is 2.83. The summed E-state index contributed by atoms with van der Waals surface area (Å²) in [7, 11) is 1.47. The van der Waals surface area contributed by atoms with Crippen molar-refractivity contribution in [3.63, 3.8) is 0 Å². The summed E-state index contributed by atoms with van der Waals surface area (Å²) in [6, 6.07) is 4.55. The summed E-state index contributed by atoms with van der Waals surface area (Å²) < 4.78 is 4.97. The van der Waals surface area contributed by atoms with Crippen LogP contribution in [-0.4, -0.2) is 24.0 Å². The molecule has 0 unspecified atom stereocenters. The van der Waals surface area contributed by atoms with Gasteiger partial charge in [-0.1, -0.05) is 11.6 Å². The first kappa shape index (κ1) is 11.9. The number of rotatable bonds is 4. The molecular formula is C12H11ClO4. The van der Waals surface area contributed by atoms with Crippen molar-refractivity contribution in [2.75, 3.05) is 7.11 Å². The number of ether oxygens (including phenoxy) is 1. The molecule has 2 rings (SSSR count). The van der Waals surface area contributed by atoms with E-state index in [9.17, 15) is 9.59 Å². The molecular weight excluding hydrogens is 244 g/mol. The molecule has 90 valence electrons. The number of hydrogen-bond donors (Lipinski definition) is 1. The molecule has 0 heterocycles. The van der Waals surface area contributed by atoms with Gasteiger partial charge in [0.25, 0.3) is 0 Å². The highest BCUT2D eigenvalue weighted by atomic mass is 35.5. The zero-order valence-corrected chi connectivity index (χ0v) is 9.95. The van der Waals surface area contributed by atoms with E-state index in [1.165, 1.54) is 19.2 Å². The Balaban J connectivity index is 2.33. The Morgan fingerprint density at radius 3 is 2.47 bits per heavy atom. The molecule has 0 aliphatic heterocycles. The monoisotopic (exact) mass is 254 g/mol. The maximum absolute atomic E-state index is 12.0. The Bertz CT molecular complexity index is 491. The van der Waals surface area contributed by atoms with Gasteiger partial charge in [-0.3, -0.25) is 9.59 Å². The van der Waals surface area contributed by atoms with Gasteiger partial charge in [-0.2, -0.15) is 0 Å². The summed E-state index contributed by atoms with van der Waals surface area (Å²) in [4.78, 5) is 23.1. The van der Waals surface area contributed by atoms with E-state index in [2.05, 4.69) is 0 Å². The van der Waals surface area contributed by atoms with E-state index in [0.717, 1.165) is 0 Å². The predicted octanol–water partition coefficient (Wildman–Crippen LogP) is 2.40. The van der Waals surface area contributed by atoms with Crippen molar-refractivity contribution in [2.24, 2.45) is 5.41 Å². The van der Waals surface area contributed by atoms with Gasteiger partial charge in [-0.25, -0.2) is 0 Å². The number of carbonyl (C=O) groups excluding carboxylic acids is 1. The molecule has 0 aromatic heterocycles. The van der Waals surface area contributed by atoms with Gasteiger partial charge in [0.1, 0.15) is 11.2 Å². The Morgan fingerprint density at radius 2 is 2.06 bits per heavy atom. The fraction of sp³-hybridized carbons (Fsp3) is 0.333. The van der Waals surface area contributed by atoms with Gasteiger partial charge in [0.2, 0.25) is 0 Å². The molecule has 0 spiro atoms. The smallest absolute Gasteiger partial charge is 0.317 e. The lowest BCUT2D eigenvalue weighted by Gasteiger charge is -2.10. The van der Waals surface area contributed by atoms with E-state index in [4.69, 9.17) is 21.4 Å². The van der Waals surface area contributed by atoms with E-state index in [-0.39, 0.29) is 5.78 Å². The molecule has 1 aromatic rings. The van der Waals surface area contributed by atoms with Crippen molar-refractivity contribution < 1.29 is 19.4 Å². The normalized spacial score (nSPS) is 16.4. The van der Waals surface area contributed by atoms with E-state index in [1.807, 2.05) is 0 Å². The number of halogens is 1. The first-order valence-corrected chi connectivity index (χ1v) is 5.51. The van der Waals surface area contributed by atoms with Gasteiger partial charge >= 0.3 is 5.97 Å². The first-order valence-electron chi connectivity index (χ1n) is 5.13. The SMILES string of the molecule is COc1ccc(C(=O)C2(C(=O)O)CC2)cc1Cl. The summed E-state index contributed by atoms with van der Waals surface area (Å²) >= 11 is 5.90.